The third-order valence-corrected chi connectivity index (χ3v) is 3.12. The van der Waals surface area contributed by atoms with Gasteiger partial charge in [0.25, 0.3) is 0 Å². The monoisotopic (exact) mass is 277 g/mol. The standard InChI is InChI=1S/C15H19NO4/c1-10(12-5-4-6-20-12)16-9-11-7-13(18-2)15(17)14(8-11)19-3/h4-8,10,16-17H,9H2,1-3H3. The average molecular weight is 277 g/mol. The molecule has 20 heavy (non-hydrogen) atoms. The zero-order valence-electron chi connectivity index (χ0n) is 11.8. The van der Waals surface area contributed by atoms with Gasteiger partial charge in [0.1, 0.15) is 5.76 Å². The highest BCUT2D eigenvalue weighted by atomic mass is 16.5. The van der Waals surface area contributed by atoms with E-state index in [0.717, 1.165) is 11.3 Å². The maximum atomic E-state index is 9.86. The molecule has 1 aromatic carbocycles. The quantitative estimate of drug-likeness (QED) is 0.850. The summed E-state index contributed by atoms with van der Waals surface area (Å²) >= 11 is 0. The van der Waals surface area contributed by atoms with Gasteiger partial charge in [-0.25, -0.2) is 0 Å². The van der Waals surface area contributed by atoms with Crippen LogP contribution in [-0.4, -0.2) is 19.3 Å². The lowest BCUT2D eigenvalue weighted by atomic mass is 10.1. The van der Waals surface area contributed by atoms with Crippen LogP contribution in [0.15, 0.2) is 34.9 Å². The van der Waals surface area contributed by atoms with E-state index in [-0.39, 0.29) is 11.8 Å². The predicted octanol–water partition coefficient (Wildman–Crippen LogP) is 2.85. The van der Waals surface area contributed by atoms with Gasteiger partial charge in [0.05, 0.1) is 26.5 Å². The molecule has 108 valence electrons. The number of phenolic OH excluding ortho intramolecular Hbond substituents is 1. The van der Waals surface area contributed by atoms with Crippen molar-refractivity contribution in [2.45, 2.75) is 19.5 Å². The number of hydrogen-bond acceptors (Lipinski definition) is 5. The van der Waals surface area contributed by atoms with Crippen LogP contribution < -0.4 is 14.8 Å². The highest BCUT2D eigenvalue weighted by Gasteiger charge is 2.12. The zero-order valence-corrected chi connectivity index (χ0v) is 11.8. The lowest BCUT2D eigenvalue weighted by molar-refractivity contribution is 0.338. The zero-order chi connectivity index (χ0) is 14.5. The van der Waals surface area contributed by atoms with Crippen molar-refractivity contribution in [3.8, 4) is 17.2 Å². The molecule has 0 fully saturated rings. The molecule has 2 rings (SSSR count). The molecule has 1 heterocycles. The van der Waals surface area contributed by atoms with E-state index in [9.17, 15) is 5.11 Å². The topological polar surface area (TPSA) is 63.9 Å². The molecule has 2 aromatic rings. The number of ether oxygens (including phenoxy) is 2. The Morgan fingerprint density at radius 2 is 1.90 bits per heavy atom. The first kappa shape index (κ1) is 14.3. The maximum Gasteiger partial charge on any atom is 0.200 e. The number of furan rings is 1. The molecular weight excluding hydrogens is 258 g/mol. The van der Waals surface area contributed by atoms with Gasteiger partial charge >= 0.3 is 0 Å². The van der Waals surface area contributed by atoms with Crippen molar-refractivity contribution in [2.75, 3.05) is 14.2 Å². The van der Waals surface area contributed by atoms with Gasteiger partial charge < -0.3 is 24.3 Å². The van der Waals surface area contributed by atoms with Crippen LogP contribution in [0.25, 0.3) is 0 Å². The van der Waals surface area contributed by atoms with E-state index in [2.05, 4.69) is 5.32 Å². The molecule has 0 aliphatic carbocycles. The summed E-state index contributed by atoms with van der Waals surface area (Å²) in [5.74, 6) is 1.68. The van der Waals surface area contributed by atoms with Crippen LogP contribution in [0.1, 0.15) is 24.3 Å². The summed E-state index contributed by atoms with van der Waals surface area (Å²) in [7, 11) is 3.02. The normalized spacial score (nSPS) is 12.2. The minimum atomic E-state index is 0.0119. The number of rotatable bonds is 6. The summed E-state index contributed by atoms with van der Waals surface area (Å²) < 4.78 is 15.6. The summed E-state index contributed by atoms with van der Waals surface area (Å²) in [4.78, 5) is 0. The molecule has 0 aliphatic rings. The van der Waals surface area contributed by atoms with Crippen LogP contribution >= 0.6 is 0 Å². The van der Waals surface area contributed by atoms with Gasteiger partial charge in [0.2, 0.25) is 5.75 Å². The molecule has 0 bridgehead atoms. The van der Waals surface area contributed by atoms with Crippen molar-refractivity contribution in [2.24, 2.45) is 0 Å². The van der Waals surface area contributed by atoms with Gasteiger partial charge in [-0.1, -0.05) is 0 Å². The highest BCUT2D eigenvalue weighted by Crippen LogP contribution is 2.37. The number of hydrogen-bond donors (Lipinski definition) is 2. The van der Waals surface area contributed by atoms with Crippen LogP contribution in [0.4, 0.5) is 0 Å². The van der Waals surface area contributed by atoms with Gasteiger partial charge in [0.15, 0.2) is 11.5 Å². The van der Waals surface area contributed by atoms with Crippen LogP contribution in [-0.2, 0) is 6.54 Å². The Labute approximate surface area is 118 Å². The molecule has 1 aromatic heterocycles. The summed E-state index contributed by atoms with van der Waals surface area (Å²) in [5, 5.41) is 13.2. The third-order valence-electron chi connectivity index (χ3n) is 3.12. The fourth-order valence-corrected chi connectivity index (χ4v) is 1.96. The van der Waals surface area contributed by atoms with Crippen molar-refractivity contribution in [1.82, 2.24) is 5.32 Å². The second-order valence-corrected chi connectivity index (χ2v) is 4.47. The summed E-state index contributed by atoms with van der Waals surface area (Å²) in [6.07, 6.45) is 1.65. The molecule has 0 spiro atoms. The fraction of sp³-hybridized carbons (Fsp3) is 0.333. The second kappa shape index (κ2) is 6.34. The van der Waals surface area contributed by atoms with E-state index in [1.807, 2.05) is 19.1 Å². The Bertz CT molecular complexity index is 526. The van der Waals surface area contributed by atoms with Crippen molar-refractivity contribution >= 4 is 0 Å². The Morgan fingerprint density at radius 1 is 1.25 bits per heavy atom. The highest BCUT2D eigenvalue weighted by molar-refractivity contribution is 5.52. The lowest BCUT2D eigenvalue weighted by Gasteiger charge is -2.14. The fourth-order valence-electron chi connectivity index (χ4n) is 1.96. The van der Waals surface area contributed by atoms with Crippen molar-refractivity contribution in [3.05, 3.63) is 41.9 Å². The number of phenols is 1. The van der Waals surface area contributed by atoms with Gasteiger partial charge in [-0.2, -0.15) is 0 Å². The minimum absolute atomic E-state index is 0.0119. The molecule has 0 aliphatic heterocycles. The van der Waals surface area contributed by atoms with E-state index in [4.69, 9.17) is 13.9 Å². The first-order valence-electron chi connectivity index (χ1n) is 6.36. The summed E-state index contributed by atoms with van der Waals surface area (Å²) in [6.45, 7) is 2.63. The van der Waals surface area contributed by atoms with Gasteiger partial charge in [-0.05, 0) is 36.8 Å². The smallest absolute Gasteiger partial charge is 0.200 e. The van der Waals surface area contributed by atoms with Crippen LogP contribution in [0, 0.1) is 0 Å². The van der Waals surface area contributed by atoms with Crippen LogP contribution in [0.2, 0.25) is 0 Å². The molecule has 1 unspecified atom stereocenters. The van der Waals surface area contributed by atoms with Gasteiger partial charge in [0, 0.05) is 6.54 Å². The molecule has 0 radical (unpaired) electrons. The number of nitrogens with one attached hydrogen (secondary N) is 1. The van der Waals surface area contributed by atoms with Crippen LogP contribution in [0.5, 0.6) is 17.2 Å². The Balaban J connectivity index is 2.09. The SMILES string of the molecule is COc1cc(CNC(C)c2ccco2)cc(OC)c1O. The minimum Gasteiger partial charge on any atom is -0.502 e. The molecular formula is C15H19NO4. The lowest BCUT2D eigenvalue weighted by Crippen LogP contribution is -2.17. The van der Waals surface area contributed by atoms with E-state index >= 15 is 0 Å². The predicted molar refractivity (Wildman–Crippen MR) is 75.2 cm³/mol. The molecule has 0 amide bonds. The second-order valence-electron chi connectivity index (χ2n) is 4.47. The van der Waals surface area contributed by atoms with Crippen LogP contribution in [0.3, 0.4) is 0 Å². The number of benzene rings is 1. The average Bonchev–Trinajstić information content (AvgIpc) is 3.00. The van der Waals surface area contributed by atoms with E-state index in [1.54, 1.807) is 18.4 Å². The Kier molecular flexibility index (Phi) is 4.53. The molecule has 2 N–H and O–H groups in total. The maximum absolute atomic E-state index is 9.86. The van der Waals surface area contributed by atoms with Crippen molar-refractivity contribution in [3.63, 3.8) is 0 Å². The van der Waals surface area contributed by atoms with E-state index in [1.165, 1.54) is 14.2 Å². The summed E-state index contributed by atoms with van der Waals surface area (Å²) in [5.41, 5.74) is 0.954. The molecule has 0 saturated carbocycles. The van der Waals surface area contributed by atoms with Gasteiger partial charge in [-0.3, -0.25) is 0 Å². The first-order chi connectivity index (χ1) is 9.65. The third kappa shape index (κ3) is 3.05. The number of aromatic hydroxyl groups is 1. The molecule has 5 heteroatoms. The molecule has 5 nitrogen and oxygen atoms in total. The number of methoxy groups -OCH3 is 2. The van der Waals surface area contributed by atoms with Crippen molar-refractivity contribution in [1.29, 1.82) is 0 Å². The Morgan fingerprint density at radius 3 is 2.40 bits per heavy atom. The Hall–Kier alpha value is -2.14. The molecule has 1 atom stereocenters. The first-order valence-corrected chi connectivity index (χ1v) is 6.36. The van der Waals surface area contributed by atoms with Crippen molar-refractivity contribution < 1.29 is 19.0 Å². The largest absolute Gasteiger partial charge is 0.502 e. The van der Waals surface area contributed by atoms with E-state index in [0.29, 0.717) is 18.0 Å². The van der Waals surface area contributed by atoms with Gasteiger partial charge in [-0.15, -0.1) is 0 Å². The van der Waals surface area contributed by atoms with E-state index < -0.39 is 0 Å². The summed E-state index contributed by atoms with van der Waals surface area (Å²) in [6, 6.07) is 7.44. The molecule has 0 saturated heterocycles.